The topological polar surface area (TPSA) is 54.3 Å². The Balaban J connectivity index is 1.40. The molecule has 0 radical (unpaired) electrons. The third kappa shape index (κ3) is 4.66. The van der Waals surface area contributed by atoms with Crippen LogP contribution in [0.25, 0.3) is 22.2 Å². The first-order chi connectivity index (χ1) is 16.8. The highest BCUT2D eigenvalue weighted by atomic mass is 35.5. The van der Waals surface area contributed by atoms with E-state index >= 15 is 0 Å². The van der Waals surface area contributed by atoms with E-state index in [0.717, 1.165) is 58.7 Å². The number of aromatic nitrogens is 3. The van der Waals surface area contributed by atoms with Gasteiger partial charge in [-0.05, 0) is 43.7 Å². The van der Waals surface area contributed by atoms with E-state index in [0.29, 0.717) is 28.7 Å². The van der Waals surface area contributed by atoms with Crippen molar-refractivity contribution in [3.63, 3.8) is 0 Å². The number of carbonyl (C=O) groups excluding carboxylic acids is 1. The molecule has 1 aliphatic rings. The molecule has 1 fully saturated rings. The van der Waals surface area contributed by atoms with Crippen LogP contribution in [0, 0.1) is 13.8 Å². The number of para-hydroxylation sites is 1. The quantitative estimate of drug-likeness (QED) is 0.365. The maximum absolute atomic E-state index is 13.8. The van der Waals surface area contributed by atoms with Gasteiger partial charge in [-0.25, -0.2) is 4.98 Å². The Kier molecular flexibility index (Phi) is 6.53. The minimum atomic E-state index is 0.0354. The monoisotopic (exact) mass is 507 g/mol. The Hall–Kier alpha value is -2.93. The number of carbonyl (C=O) groups is 1. The molecule has 3 heterocycles. The molecule has 6 nitrogen and oxygen atoms in total. The lowest BCUT2D eigenvalue weighted by molar-refractivity contribution is 0.0630. The molecule has 0 unspecified atom stereocenters. The maximum atomic E-state index is 13.8. The molecule has 2 aromatic heterocycles. The highest BCUT2D eigenvalue weighted by Gasteiger charge is 2.25. The third-order valence-electron chi connectivity index (χ3n) is 6.78. The lowest BCUT2D eigenvalue weighted by Crippen LogP contribution is -2.48. The van der Waals surface area contributed by atoms with Gasteiger partial charge >= 0.3 is 0 Å². The van der Waals surface area contributed by atoms with Gasteiger partial charge in [-0.1, -0.05) is 47.5 Å². The number of hydrogen-bond donors (Lipinski definition) is 0. The van der Waals surface area contributed by atoms with Crippen molar-refractivity contribution in [2.45, 2.75) is 20.4 Å². The van der Waals surface area contributed by atoms with Gasteiger partial charge in [0.05, 0.1) is 22.5 Å². The van der Waals surface area contributed by atoms with Crippen molar-refractivity contribution in [1.29, 1.82) is 0 Å². The normalized spacial score (nSPS) is 14.6. The largest absolute Gasteiger partial charge is 0.336 e. The summed E-state index contributed by atoms with van der Waals surface area (Å²) in [7, 11) is 1.93. The van der Waals surface area contributed by atoms with Crippen LogP contribution in [-0.2, 0) is 13.6 Å². The van der Waals surface area contributed by atoms with Gasteiger partial charge in [0.15, 0.2) is 0 Å². The predicted molar refractivity (Wildman–Crippen MR) is 141 cm³/mol. The Labute approximate surface area is 215 Å². The zero-order valence-electron chi connectivity index (χ0n) is 20.1. The van der Waals surface area contributed by atoms with Gasteiger partial charge in [0.2, 0.25) is 0 Å². The number of aryl methyl sites for hydroxylation is 2. The molecule has 2 aromatic carbocycles. The highest BCUT2D eigenvalue weighted by Crippen LogP contribution is 2.30. The molecule has 35 heavy (non-hydrogen) atoms. The van der Waals surface area contributed by atoms with E-state index in [1.165, 1.54) is 0 Å². The summed E-state index contributed by atoms with van der Waals surface area (Å²) in [6, 6.07) is 15.4. The lowest BCUT2D eigenvalue weighted by atomic mass is 10.0. The molecule has 0 aliphatic carbocycles. The molecule has 0 bridgehead atoms. The van der Waals surface area contributed by atoms with Gasteiger partial charge < -0.3 is 4.90 Å². The Bertz CT molecular complexity index is 1420. The van der Waals surface area contributed by atoms with Gasteiger partial charge in [-0.3, -0.25) is 14.4 Å². The van der Waals surface area contributed by atoms with Crippen LogP contribution < -0.4 is 0 Å². The summed E-state index contributed by atoms with van der Waals surface area (Å²) in [5.74, 6) is 0.0354. The molecule has 1 aliphatic heterocycles. The van der Waals surface area contributed by atoms with Crippen molar-refractivity contribution in [3.05, 3.63) is 81.1 Å². The second kappa shape index (κ2) is 9.61. The second-order valence-corrected chi connectivity index (χ2v) is 9.89. The van der Waals surface area contributed by atoms with Crippen molar-refractivity contribution >= 4 is 40.0 Å². The lowest BCUT2D eigenvalue weighted by Gasteiger charge is -2.35. The summed E-state index contributed by atoms with van der Waals surface area (Å²) in [4.78, 5) is 22.9. The Morgan fingerprint density at radius 3 is 2.43 bits per heavy atom. The van der Waals surface area contributed by atoms with Crippen molar-refractivity contribution in [3.8, 4) is 11.3 Å². The van der Waals surface area contributed by atoms with Crippen molar-refractivity contribution in [2.75, 3.05) is 26.2 Å². The molecular formula is C27H27Cl2N5O. The number of nitrogens with zero attached hydrogens (tertiary/aromatic N) is 5. The minimum absolute atomic E-state index is 0.0354. The molecular weight excluding hydrogens is 481 g/mol. The molecule has 180 valence electrons. The fraction of sp³-hybridized carbons (Fsp3) is 0.296. The number of amides is 1. The SMILES string of the molecule is Cc1nn(C)c(C)c1-c1cc(C(=O)N2CCN(Cc3ccc(Cl)cc3Cl)CC2)c2ccccc2n1. The van der Waals surface area contributed by atoms with Gasteiger partial charge in [-0.15, -0.1) is 0 Å². The first kappa shape index (κ1) is 23.8. The number of hydrogen-bond acceptors (Lipinski definition) is 4. The van der Waals surface area contributed by atoms with E-state index < -0.39 is 0 Å². The smallest absolute Gasteiger partial charge is 0.254 e. The van der Waals surface area contributed by atoms with Crippen LogP contribution in [-0.4, -0.2) is 56.7 Å². The second-order valence-electron chi connectivity index (χ2n) is 9.05. The van der Waals surface area contributed by atoms with Crippen LogP contribution in [0.4, 0.5) is 0 Å². The van der Waals surface area contributed by atoms with Crippen LogP contribution in [0.1, 0.15) is 27.3 Å². The van der Waals surface area contributed by atoms with E-state index in [2.05, 4.69) is 10.00 Å². The van der Waals surface area contributed by atoms with Crippen LogP contribution >= 0.6 is 23.2 Å². The highest BCUT2D eigenvalue weighted by molar-refractivity contribution is 6.35. The van der Waals surface area contributed by atoms with Crippen LogP contribution in [0.15, 0.2) is 48.5 Å². The molecule has 5 rings (SSSR count). The first-order valence-electron chi connectivity index (χ1n) is 11.7. The summed E-state index contributed by atoms with van der Waals surface area (Å²) in [5.41, 5.74) is 6.24. The number of halogens is 2. The maximum Gasteiger partial charge on any atom is 0.254 e. The van der Waals surface area contributed by atoms with Crippen LogP contribution in [0.3, 0.4) is 0 Å². The summed E-state index contributed by atoms with van der Waals surface area (Å²) < 4.78 is 1.86. The van der Waals surface area contributed by atoms with Gasteiger partial charge in [0.25, 0.3) is 5.91 Å². The average molecular weight is 508 g/mol. The predicted octanol–water partition coefficient (Wildman–Crippen LogP) is 5.52. The van der Waals surface area contributed by atoms with Gasteiger partial charge in [-0.2, -0.15) is 5.10 Å². The zero-order valence-corrected chi connectivity index (χ0v) is 21.6. The molecule has 0 N–H and O–H groups in total. The first-order valence-corrected chi connectivity index (χ1v) is 12.4. The number of rotatable bonds is 4. The summed E-state index contributed by atoms with van der Waals surface area (Å²) in [5, 5.41) is 6.72. The van der Waals surface area contributed by atoms with Crippen LogP contribution in [0.2, 0.25) is 10.0 Å². The number of piperazine rings is 1. The number of pyridine rings is 1. The minimum Gasteiger partial charge on any atom is -0.336 e. The fourth-order valence-corrected chi connectivity index (χ4v) is 5.26. The Morgan fingerprint density at radius 2 is 1.74 bits per heavy atom. The summed E-state index contributed by atoms with van der Waals surface area (Å²) >= 11 is 12.4. The number of benzene rings is 2. The summed E-state index contributed by atoms with van der Waals surface area (Å²) in [6.45, 7) is 7.61. The van der Waals surface area contributed by atoms with E-state index in [1.807, 2.05) is 72.9 Å². The average Bonchev–Trinajstić information content (AvgIpc) is 3.11. The standard InChI is InChI=1S/C27H27Cl2N5O/c1-17-26(18(2)32(3)31-17)25-15-22(21-6-4-5-7-24(21)30-25)27(35)34-12-10-33(11-13-34)16-19-8-9-20(28)14-23(19)29/h4-9,14-15H,10-13,16H2,1-3H3. The molecule has 0 atom stereocenters. The molecule has 0 saturated carbocycles. The molecule has 0 spiro atoms. The van der Waals surface area contributed by atoms with E-state index in [1.54, 1.807) is 6.07 Å². The van der Waals surface area contributed by atoms with Crippen molar-refractivity contribution in [2.24, 2.45) is 7.05 Å². The van der Waals surface area contributed by atoms with E-state index in [4.69, 9.17) is 28.2 Å². The summed E-state index contributed by atoms with van der Waals surface area (Å²) in [6.07, 6.45) is 0. The molecule has 1 amide bonds. The third-order valence-corrected chi connectivity index (χ3v) is 7.37. The van der Waals surface area contributed by atoms with E-state index in [9.17, 15) is 4.79 Å². The van der Waals surface area contributed by atoms with Crippen LogP contribution in [0.5, 0.6) is 0 Å². The van der Waals surface area contributed by atoms with Crippen molar-refractivity contribution < 1.29 is 4.79 Å². The number of fused-ring (bicyclic) bond motifs is 1. The molecule has 4 aromatic rings. The van der Waals surface area contributed by atoms with Gasteiger partial charge in [0.1, 0.15) is 0 Å². The van der Waals surface area contributed by atoms with Crippen molar-refractivity contribution in [1.82, 2.24) is 24.6 Å². The Morgan fingerprint density at radius 1 is 1.00 bits per heavy atom. The zero-order chi connectivity index (χ0) is 24.7. The molecule has 8 heteroatoms. The fourth-order valence-electron chi connectivity index (χ4n) is 4.79. The molecule has 1 saturated heterocycles. The van der Waals surface area contributed by atoms with Gasteiger partial charge in [0, 0.05) is 66.5 Å². The van der Waals surface area contributed by atoms with E-state index in [-0.39, 0.29) is 5.91 Å².